The van der Waals surface area contributed by atoms with Crippen molar-refractivity contribution in [2.24, 2.45) is 0 Å². The topological polar surface area (TPSA) is 92.9 Å². The summed E-state index contributed by atoms with van der Waals surface area (Å²) in [7, 11) is 0. The van der Waals surface area contributed by atoms with Gasteiger partial charge in [-0.15, -0.1) is 10.2 Å². The first-order chi connectivity index (χ1) is 14.2. The normalized spacial score (nSPS) is 10.6. The van der Waals surface area contributed by atoms with Crippen LogP contribution in [0, 0.1) is 11.3 Å². The smallest absolute Gasteiger partial charge is 0.173 e. The number of rotatable bonds is 6. The van der Waals surface area contributed by atoms with E-state index >= 15 is 0 Å². The van der Waals surface area contributed by atoms with E-state index in [1.807, 2.05) is 0 Å². The van der Waals surface area contributed by atoms with Gasteiger partial charge in [0.2, 0.25) is 0 Å². The van der Waals surface area contributed by atoms with Crippen molar-refractivity contribution in [3.63, 3.8) is 0 Å². The highest BCUT2D eigenvalue weighted by atomic mass is 35.5. The molecule has 0 bridgehead atoms. The van der Waals surface area contributed by atoms with Gasteiger partial charge < -0.3 is 8.83 Å². The maximum Gasteiger partial charge on any atom is 0.173 e. The number of aromatic nitrogens is 2. The monoisotopic (exact) mass is 421 g/mol. The minimum absolute atomic E-state index is 0.0999. The third-order valence-corrected chi connectivity index (χ3v) is 5.30. The third kappa shape index (κ3) is 3.94. The highest BCUT2D eigenvalue weighted by molar-refractivity contribution is 8.00. The Balaban J connectivity index is 1.69. The van der Waals surface area contributed by atoms with Crippen molar-refractivity contribution in [2.75, 3.05) is 5.75 Å². The zero-order valence-corrected chi connectivity index (χ0v) is 16.4. The Morgan fingerprint density at radius 3 is 2.34 bits per heavy atom. The summed E-state index contributed by atoms with van der Waals surface area (Å²) < 4.78 is 11.0. The number of carbonyl (C=O) groups is 1. The lowest BCUT2D eigenvalue weighted by atomic mass is 10.0. The zero-order valence-electron chi connectivity index (χ0n) is 14.8. The summed E-state index contributed by atoms with van der Waals surface area (Å²) in [5, 5.41) is 19.1. The van der Waals surface area contributed by atoms with Gasteiger partial charge in [0.15, 0.2) is 11.5 Å². The molecular formula is C21H12ClN3O3S. The van der Waals surface area contributed by atoms with E-state index in [1.54, 1.807) is 48.5 Å². The van der Waals surface area contributed by atoms with Gasteiger partial charge in [-0.2, -0.15) is 5.26 Å². The molecule has 142 valence electrons. The van der Waals surface area contributed by atoms with Crippen LogP contribution in [-0.2, 0) is 0 Å². The Bertz CT molecular complexity index is 1180. The molecule has 3 aromatic heterocycles. The summed E-state index contributed by atoms with van der Waals surface area (Å²) >= 11 is 7.01. The van der Waals surface area contributed by atoms with Crippen LogP contribution in [0.1, 0.15) is 15.9 Å². The number of Topliss-reactive ketones (excluding diaryl/α,β-unsaturated/α-hetero) is 1. The van der Waals surface area contributed by atoms with Crippen LogP contribution in [0.25, 0.3) is 22.8 Å². The summed E-state index contributed by atoms with van der Waals surface area (Å²) in [6.07, 6.45) is 3.03. The van der Waals surface area contributed by atoms with Gasteiger partial charge in [-0.1, -0.05) is 23.4 Å². The number of hydrogen-bond donors (Lipinski definition) is 0. The van der Waals surface area contributed by atoms with Crippen LogP contribution >= 0.6 is 23.4 Å². The fourth-order valence-electron chi connectivity index (χ4n) is 2.73. The van der Waals surface area contributed by atoms with Crippen molar-refractivity contribution in [2.45, 2.75) is 5.03 Å². The summed E-state index contributed by atoms with van der Waals surface area (Å²) in [6, 6.07) is 15.7. The Morgan fingerprint density at radius 1 is 1.03 bits per heavy atom. The number of benzene rings is 1. The zero-order chi connectivity index (χ0) is 20.2. The molecule has 0 atom stereocenters. The SMILES string of the molecule is N#Cc1c(SCC(=O)c2ccc(Cl)cc2)nnc(-c2ccco2)c1-c1ccco1. The van der Waals surface area contributed by atoms with Crippen LogP contribution in [0.5, 0.6) is 0 Å². The van der Waals surface area contributed by atoms with Gasteiger partial charge >= 0.3 is 0 Å². The van der Waals surface area contributed by atoms with E-state index in [4.69, 9.17) is 20.4 Å². The molecule has 0 aliphatic carbocycles. The van der Waals surface area contributed by atoms with Crippen LogP contribution in [0.3, 0.4) is 0 Å². The number of nitriles is 1. The first-order valence-corrected chi connectivity index (χ1v) is 9.84. The van der Waals surface area contributed by atoms with Crippen LogP contribution in [0.15, 0.2) is 74.9 Å². The van der Waals surface area contributed by atoms with E-state index < -0.39 is 0 Å². The molecular weight excluding hydrogens is 410 g/mol. The molecule has 4 aromatic rings. The Hall–Kier alpha value is -3.34. The summed E-state index contributed by atoms with van der Waals surface area (Å²) in [4.78, 5) is 12.5. The Kier molecular flexibility index (Phi) is 5.47. The second kappa shape index (κ2) is 8.35. The van der Waals surface area contributed by atoms with Crippen LogP contribution in [0.4, 0.5) is 0 Å². The van der Waals surface area contributed by atoms with Gasteiger partial charge in [0.25, 0.3) is 0 Å². The lowest BCUT2D eigenvalue weighted by molar-refractivity contribution is 0.102. The number of nitrogens with zero attached hydrogens (tertiary/aromatic N) is 3. The summed E-state index contributed by atoms with van der Waals surface area (Å²) in [5.74, 6) is 0.929. The summed E-state index contributed by atoms with van der Waals surface area (Å²) in [5.41, 5.74) is 1.68. The van der Waals surface area contributed by atoms with Gasteiger partial charge in [0, 0.05) is 10.6 Å². The second-order valence-electron chi connectivity index (χ2n) is 5.89. The standard InChI is InChI=1S/C21H12ClN3O3S/c22-14-7-5-13(6-8-14)16(26)12-29-21-15(11-23)19(17-3-1-9-27-17)20(24-25-21)18-4-2-10-28-18/h1-10H,12H2. The first-order valence-electron chi connectivity index (χ1n) is 8.47. The fourth-order valence-corrected chi connectivity index (χ4v) is 3.68. The van der Waals surface area contributed by atoms with Crippen molar-refractivity contribution >= 4 is 29.1 Å². The number of halogens is 1. The number of thioether (sulfide) groups is 1. The average Bonchev–Trinajstić information content (AvgIpc) is 3.46. The van der Waals surface area contributed by atoms with Crippen LogP contribution in [0.2, 0.25) is 5.02 Å². The molecule has 0 radical (unpaired) electrons. The number of carbonyl (C=O) groups excluding carboxylic acids is 1. The molecule has 0 unspecified atom stereocenters. The van der Waals surface area contributed by atoms with Gasteiger partial charge in [-0.05, 0) is 48.5 Å². The molecule has 0 aliphatic heterocycles. The molecule has 0 aliphatic rings. The molecule has 1 aromatic carbocycles. The molecule has 6 nitrogen and oxygen atoms in total. The van der Waals surface area contributed by atoms with Crippen molar-refractivity contribution in [1.82, 2.24) is 10.2 Å². The molecule has 4 rings (SSSR count). The first kappa shape index (κ1) is 19.0. The maximum absolute atomic E-state index is 12.5. The van der Waals surface area contributed by atoms with E-state index in [0.29, 0.717) is 38.4 Å². The minimum Gasteiger partial charge on any atom is -0.464 e. The van der Waals surface area contributed by atoms with E-state index in [2.05, 4.69) is 16.3 Å². The molecule has 0 saturated carbocycles. The maximum atomic E-state index is 12.5. The van der Waals surface area contributed by atoms with Gasteiger partial charge in [0.1, 0.15) is 22.5 Å². The highest BCUT2D eigenvalue weighted by Crippen LogP contribution is 2.37. The second-order valence-corrected chi connectivity index (χ2v) is 7.29. The van der Waals surface area contributed by atoms with Crippen molar-refractivity contribution in [1.29, 1.82) is 5.26 Å². The molecule has 0 fully saturated rings. The molecule has 8 heteroatoms. The average molecular weight is 422 g/mol. The predicted octanol–water partition coefficient (Wildman–Crippen LogP) is 5.50. The molecule has 3 heterocycles. The van der Waals surface area contributed by atoms with Crippen LogP contribution in [-0.4, -0.2) is 21.7 Å². The van der Waals surface area contributed by atoms with Gasteiger partial charge in [-0.3, -0.25) is 4.79 Å². The van der Waals surface area contributed by atoms with Gasteiger partial charge in [0.05, 0.1) is 29.4 Å². The van der Waals surface area contributed by atoms with E-state index in [-0.39, 0.29) is 17.1 Å². The van der Waals surface area contributed by atoms with Crippen molar-refractivity contribution in [3.8, 4) is 28.8 Å². The number of hydrogen-bond acceptors (Lipinski definition) is 7. The quantitative estimate of drug-likeness (QED) is 0.300. The number of ketones is 1. The number of furan rings is 2. The fraction of sp³-hybridized carbons (Fsp3) is 0.0476. The lowest BCUT2D eigenvalue weighted by Gasteiger charge is -2.09. The molecule has 0 spiro atoms. The Morgan fingerprint density at radius 2 is 1.72 bits per heavy atom. The predicted molar refractivity (Wildman–Crippen MR) is 109 cm³/mol. The molecule has 29 heavy (non-hydrogen) atoms. The third-order valence-electron chi connectivity index (χ3n) is 4.08. The van der Waals surface area contributed by atoms with E-state index in [9.17, 15) is 10.1 Å². The molecule has 0 saturated heterocycles. The molecule has 0 N–H and O–H groups in total. The van der Waals surface area contributed by atoms with E-state index in [0.717, 1.165) is 11.8 Å². The van der Waals surface area contributed by atoms with Gasteiger partial charge in [-0.25, -0.2) is 0 Å². The largest absolute Gasteiger partial charge is 0.464 e. The lowest BCUT2D eigenvalue weighted by Crippen LogP contribution is -2.05. The van der Waals surface area contributed by atoms with Crippen molar-refractivity contribution < 1.29 is 13.6 Å². The minimum atomic E-state index is -0.105. The van der Waals surface area contributed by atoms with E-state index in [1.165, 1.54) is 12.5 Å². The highest BCUT2D eigenvalue weighted by Gasteiger charge is 2.23. The summed E-state index contributed by atoms with van der Waals surface area (Å²) in [6.45, 7) is 0. The van der Waals surface area contributed by atoms with Crippen LogP contribution < -0.4 is 0 Å². The Labute approximate surface area is 175 Å². The molecule has 0 amide bonds. The van der Waals surface area contributed by atoms with Crippen molar-refractivity contribution in [3.05, 3.63) is 77.2 Å².